The van der Waals surface area contributed by atoms with E-state index in [0.29, 0.717) is 24.8 Å². The van der Waals surface area contributed by atoms with Crippen LogP contribution in [0.2, 0.25) is 5.02 Å². The summed E-state index contributed by atoms with van der Waals surface area (Å²) in [6, 6.07) is 13.8. The second-order valence-electron chi connectivity index (χ2n) is 7.89. The summed E-state index contributed by atoms with van der Waals surface area (Å²) in [4.78, 5) is 13.4. The van der Waals surface area contributed by atoms with Crippen LogP contribution in [0, 0.1) is 0 Å². The van der Waals surface area contributed by atoms with Gasteiger partial charge >= 0.3 is 0 Å². The van der Waals surface area contributed by atoms with E-state index in [0.717, 1.165) is 60.6 Å². The highest BCUT2D eigenvalue weighted by atomic mass is 35.5. The first-order chi connectivity index (χ1) is 15.7. The first kappa shape index (κ1) is 20.7. The molecule has 0 bridgehead atoms. The Morgan fingerprint density at radius 1 is 0.938 bits per heavy atom. The van der Waals surface area contributed by atoms with Crippen LogP contribution in [0.5, 0.6) is 11.5 Å². The van der Waals surface area contributed by atoms with E-state index in [1.807, 2.05) is 30.3 Å². The number of hydrogen-bond donors (Lipinski definition) is 2. The van der Waals surface area contributed by atoms with Crippen molar-refractivity contribution >= 4 is 28.9 Å². The normalized spacial score (nSPS) is 15.7. The molecule has 3 aromatic rings. The van der Waals surface area contributed by atoms with Crippen molar-refractivity contribution < 1.29 is 9.47 Å². The van der Waals surface area contributed by atoms with Gasteiger partial charge in [0.15, 0.2) is 23.1 Å². The van der Waals surface area contributed by atoms with Crippen LogP contribution < -0.4 is 25.4 Å². The fraction of sp³-hybridized carbons (Fsp3) is 0.304. The number of nitrogens with two attached hydrogens (primary N) is 1. The summed E-state index contributed by atoms with van der Waals surface area (Å²) in [5.74, 6) is 3.07. The van der Waals surface area contributed by atoms with Gasteiger partial charge in [0.25, 0.3) is 0 Å². The highest BCUT2D eigenvalue weighted by Crippen LogP contribution is 2.33. The number of rotatable bonds is 6. The molecular weight excluding hydrogens is 428 g/mol. The SMILES string of the molecule is Nc1c(NCc2ccc(Cl)cc2)ncnc1N1CCN(Cc2ccc3c(c2)OCO3)CC1. The highest BCUT2D eigenvalue weighted by molar-refractivity contribution is 6.30. The lowest BCUT2D eigenvalue weighted by Crippen LogP contribution is -2.46. The minimum Gasteiger partial charge on any atom is -0.454 e. The van der Waals surface area contributed by atoms with Gasteiger partial charge in [0.05, 0.1) is 0 Å². The predicted octanol–water partition coefficient (Wildman–Crippen LogP) is 3.38. The fourth-order valence-electron chi connectivity index (χ4n) is 3.98. The molecule has 1 fully saturated rings. The maximum Gasteiger partial charge on any atom is 0.231 e. The van der Waals surface area contributed by atoms with Crippen molar-refractivity contribution in [2.24, 2.45) is 0 Å². The standard InChI is InChI=1S/C23H25ClN6O2/c24-18-4-1-16(2-5-18)12-26-22-21(25)23(28-14-27-22)30-9-7-29(8-10-30)13-17-3-6-19-20(11-17)32-15-31-19/h1-6,11,14H,7-10,12-13,15,25H2,(H,26,27,28). The smallest absolute Gasteiger partial charge is 0.231 e. The third-order valence-corrected chi connectivity index (χ3v) is 6.00. The number of hydrogen-bond acceptors (Lipinski definition) is 8. The Morgan fingerprint density at radius 3 is 2.50 bits per heavy atom. The molecule has 2 aliphatic heterocycles. The molecule has 0 saturated carbocycles. The summed E-state index contributed by atoms with van der Waals surface area (Å²) < 4.78 is 10.9. The van der Waals surface area contributed by atoms with Crippen LogP contribution in [0.4, 0.5) is 17.3 Å². The van der Waals surface area contributed by atoms with Crippen molar-refractivity contribution in [3.63, 3.8) is 0 Å². The van der Waals surface area contributed by atoms with E-state index in [1.54, 1.807) is 6.33 Å². The fourth-order valence-corrected chi connectivity index (χ4v) is 4.11. The number of anilines is 3. The van der Waals surface area contributed by atoms with E-state index in [9.17, 15) is 0 Å². The zero-order valence-electron chi connectivity index (χ0n) is 17.6. The molecule has 3 N–H and O–H groups in total. The average molecular weight is 453 g/mol. The van der Waals surface area contributed by atoms with Crippen molar-refractivity contribution in [2.45, 2.75) is 13.1 Å². The Hall–Kier alpha value is -3.23. The molecule has 0 amide bonds. The van der Waals surface area contributed by atoms with Crippen LogP contribution in [0.3, 0.4) is 0 Å². The zero-order valence-corrected chi connectivity index (χ0v) is 18.4. The second kappa shape index (κ2) is 9.10. The van der Waals surface area contributed by atoms with E-state index >= 15 is 0 Å². The number of piperazine rings is 1. The van der Waals surface area contributed by atoms with Gasteiger partial charge in [-0.2, -0.15) is 0 Å². The topological polar surface area (TPSA) is 88.8 Å². The van der Waals surface area contributed by atoms with Gasteiger partial charge in [-0.05, 0) is 35.4 Å². The second-order valence-corrected chi connectivity index (χ2v) is 8.33. The third-order valence-electron chi connectivity index (χ3n) is 5.75. The first-order valence-electron chi connectivity index (χ1n) is 10.6. The summed E-state index contributed by atoms with van der Waals surface area (Å²) in [7, 11) is 0. The zero-order chi connectivity index (χ0) is 21.9. The molecule has 0 atom stereocenters. The minimum absolute atomic E-state index is 0.300. The summed E-state index contributed by atoms with van der Waals surface area (Å²) in [6.07, 6.45) is 1.56. The van der Waals surface area contributed by atoms with Gasteiger partial charge in [0.1, 0.15) is 12.0 Å². The van der Waals surface area contributed by atoms with Crippen LogP contribution in [0.15, 0.2) is 48.8 Å². The van der Waals surface area contributed by atoms with Crippen molar-refractivity contribution in [1.82, 2.24) is 14.9 Å². The maximum atomic E-state index is 6.42. The highest BCUT2D eigenvalue weighted by Gasteiger charge is 2.22. The number of halogens is 1. The van der Waals surface area contributed by atoms with Gasteiger partial charge in [0, 0.05) is 44.3 Å². The summed E-state index contributed by atoms with van der Waals surface area (Å²) in [5, 5.41) is 4.03. The van der Waals surface area contributed by atoms with Crippen molar-refractivity contribution in [3.05, 3.63) is 64.9 Å². The van der Waals surface area contributed by atoms with Crippen LogP contribution in [0.25, 0.3) is 0 Å². The number of nitrogen functional groups attached to an aromatic ring is 1. The molecule has 3 heterocycles. The molecule has 9 heteroatoms. The van der Waals surface area contributed by atoms with E-state index in [1.165, 1.54) is 5.56 Å². The van der Waals surface area contributed by atoms with Crippen LogP contribution >= 0.6 is 11.6 Å². The molecule has 0 aliphatic carbocycles. The van der Waals surface area contributed by atoms with Crippen LogP contribution in [0.1, 0.15) is 11.1 Å². The molecular formula is C23H25ClN6O2. The van der Waals surface area contributed by atoms with E-state index < -0.39 is 0 Å². The summed E-state index contributed by atoms with van der Waals surface area (Å²) in [6.45, 7) is 5.33. The molecule has 0 spiro atoms. The van der Waals surface area contributed by atoms with E-state index in [2.05, 4.69) is 37.2 Å². The van der Waals surface area contributed by atoms with Crippen LogP contribution in [-0.2, 0) is 13.1 Å². The monoisotopic (exact) mass is 452 g/mol. The number of benzene rings is 2. The molecule has 1 aromatic heterocycles. The van der Waals surface area contributed by atoms with Gasteiger partial charge in [-0.1, -0.05) is 29.8 Å². The van der Waals surface area contributed by atoms with Crippen LogP contribution in [-0.4, -0.2) is 47.8 Å². The average Bonchev–Trinajstić information content (AvgIpc) is 3.28. The van der Waals surface area contributed by atoms with E-state index in [4.69, 9.17) is 26.8 Å². The summed E-state index contributed by atoms with van der Waals surface area (Å²) >= 11 is 5.96. The minimum atomic E-state index is 0.300. The Morgan fingerprint density at radius 2 is 1.69 bits per heavy atom. The molecule has 1 saturated heterocycles. The Bertz CT molecular complexity index is 1090. The number of aromatic nitrogens is 2. The van der Waals surface area contributed by atoms with Crippen molar-refractivity contribution in [2.75, 3.05) is 48.9 Å². The number of fused-ring (bicyclic) bond motifs is 1. The van der Waals surface area contributed by atoms with Crippen molar-refractivity contribution in [1.29, 1.82) is 0 Å². The van der Waals surface area contributed by atoms with Gasteiger partial charge in [-0.3, -0.25) is 4.90 Å². The molecule has 166 valence electrons. The molecule has 0 radical (unpaired) electrons. The molecule has 5 rings (SSSR count). The lowest BCUT2D eigenvalue weighted by Gasteiger charge is -2.36. The third kappa shape index (κ3) is 4.51. The lowest BCUT2D eigenvalue weighted by atomic mass is 10.1. The molecule has 32 heavy (non-hydrogen) atoms. The quantitative estimate of drug-likeness (QED) is 0.588. The number of nitrogens with one attached hydrogen (secondary N) is 1. The van der Waals surface area contributed by atoms with E-state index in [-0.39, 0.29) is 0 Å². The summed E-state index contributed by atoms with van der Waals surface area (Å²) in [5.41, 5.74) is 9.32. The number of ether oxygens (including phenoxy) is 2. The number of nitrogens with zero attached hydrogens (tertiary/aromatic N) is 4. The van der Waals surface area contributed by atoms with Gasteiger partial charge in [-0.25, -0.2) is 9.97 Å². The molecule has 2 aromatic carbocycles. The van der Waals surface area contributed by atoms with Gasteiger partial charge < -0.3 is 25.4 Å². The predicted molar refractivity (Wildman–Crippen MR) is 125 cm³/mol. The molecule has 8 nitrogen and oxygen atoms in total. The molecule has 0 unspecified atom stereocenters. The Kier molecular flexibility index (Phi) is 5.87. The van der Waals surface area contributed by atoms with Crippen molar-refractivity contribution in [3.8, 4) is 11.5 Å². The Balaban J connectivity index is 1.19. The largest absolute Gasteiger partial charge is 0.454 e. The Labute approximate surface area is 191 Å². The molecule has 2 aliphatic rings. The van der Waals surface area contributed by atoms with Gasteiger partial charge in [-0.15, -0.1) is 0 Å². The lowest BCUT2D eigenvalue weighted by molar-refractivity contribution is 0.174. The maximum absolute atomic E-state index is 6.42. The first-order valence-corrected chi connectivity index (χ1v) is 11.0. The van der Waals surface area contributed by atoms with Gasteiger partial charge in [0.2, 0.25) is 6.79 Å².